The van der Waals surface area contributed by atoms with E-state index < -0.39 is 0 Å². The van der Waals surface area contributed by atoms with Crippen LogP contribution in [0.15, 0.2) is 11.2 Å². The summed E-state index contributed by atoms with van der Waals surface area (Å²) < 4.78 is 5.58. The van der Waals surface area contributed by atoms with Gasteiger partial charge in [-0.05, 0) is 38.5 Å². The Labute approximate surface area is 167 Å². The Balaban J connectivity index is 0.00000288. The highest BCUT2D eigenvalue weighted by Gasteiger charge is 2.33. The maximum absolute atomic E-state index is 5.58. The normalized spacial score (nSPS) is 16.7. The zero-order valence-electron chi connectivity index (χ0n) is 15.1. The lowest BCUT2D eigenvalue weighted by Crippen LogP contribution is -2.43. The zero-order valence-corrected chi connectivity index (χ0v) is 18.2. The molecular weight excluding hydrogens is 435 g/mol. The van der Waals surface area contributed by atoms with Gasteiger partial charge in [0.15, 0.2) is 5.96 Å². The van der Waals surface area contributed by atoms with Crippen LogP contribution in [-0.4, -0.2) is 37.7 Å². The number of halogens is 1. The number of nitrogens with one attached hydrogen (secondary N) is 2. The van der Waals surface area contributed by atoms with Crippen molar-refractivity contribution in [3.63, 3.8) is 0 Å². The molecule has 5 nitrogen and oxygen atoms in total. The minimum atomic E-state index is 0. The van der Waals surface area contributed by atoms with Crippen molar-refractivity contribution in [2.75, 3.05) is 26.8 Å². The Morgan fingerprint density at radius 2 is 2.12 bits per heavy atom. The summed E-state index contributed by atoms with van der Waals surface area (Å²) >= 11 is 1.72. The quantitative estimate of drug-likeness (QED) is 0.265. The number of aromatic nitrogens is 1. The number of aliphatic imine (C=N–C) groups is 1. The number of ether oxygens (including phenoxy) is 1. The maximum Gasteiger partial charge on any atom is 0.191 e. The van der Waals surface area contributed by atoms with Crippen LogP contribution in [0.25, 0.3) is 0 Å². The molecule has 0 amide bonds. The third-order valence-corrected chi connectivity index (χ3v) is 5.49. The molecule has 0 saturated heterocycles. The second kappa shape index (κ2) is 11.3. The van der Waals surface area contributed by atoms with Crippen LogP contribution in [-0.2, 0) is 11.3 Å². The van der Waals surface area contributed by atoms with E-state index in [9.17, 15) is 0 Å². The molecule has 0 radical (unpaired) electrons. The topological polar surface area (TPSA) is 58.5 Å². The number of guanidine groups is 1. The molecule has 1 saturated carbocycles. The van der Waals surface area contributed by atoms with Gasteiger partial charge in [0, 0.05) is 37.9 Å². The summed E-state index contributed by atoms with van der Waals surface area (Å²) in [6, 6.07) is 0. The molecule has 0 atom stereocenters. The number of thiazole rings is 1. The van der Waals surface area contributed by atoms with Gasteiger partial charge in [-0.3, -0.25) is 4.99 Å². The van der Waals surface area contributed by atoms with Crippen LogP contribution >= 0.6 is 35.3 Å². The van der Waals surface area contributed by atoms with Crippen LogP contribution in [0.3, 0.4) is 0 Å². The van der Waals surface area contributed by atoms with E-state index in [0.717, 1.165) is 43.7 Å². The fourth-order valence-corrected chi connectivity index (χ4v) is 3.93. The molecule has 0 bridgehead atoms. The van der Waals surface area contributed by atoms with E-state index in [0.29, 0.717) is 5.41 Å². The van der Waals surface area contributed by atoms with Gasteiger partial charge < -0.3 is 15.4 Å². The fourth-order valence-electron chi connectivity index (χ4n) is 3.21. The minimum Gasteiger partial charge on any atom is -0.382 e. The fraction of sp³-hybridized carbons (Fsp3) is 0.765. The van der Waals surface area contributed by atoms with Crippen LogP contribution in [0.5, 0.6) is 0 Å². The third-order valence-electron chi connectivity index (χ3n) is 4.58. The van der Waals surface area contributed by atoms with Gasteiger partial charge >= 0.3 is 0 Å². The standard InChI is InChI=1S/C17H30N4OS.HI/c1-4-22-10-9-17(7-5-6-8-17)13-21-16(18-3)20-12-15-19-11-14(2)23-15;/h11H,4-10,12-13H2,1-3H3,(H2,18,20,21);1H. The summed E-state index contributed by atoms with van der Waals surface area (Å²) in [5, 5.41) is 7.97. The Morgan fingerprint density at radius 1 is 1.38 bits per heavy atom. The Hall–Kier alpha value is -0.410. The largest absolute Gasteiger partial charge is 0.382 e. The lowest BCUT2D eigenvalue weighted by Gasteiger charge is -2.30. The highest BCUT2D eigenvalue weighted by Crippen LogP contribution is 2.40. The molecule has 1 heterocycles. The average molecular weight is 466 g/mol. The molecule has 1 fully saturated rings. The first kappa shape index (κ1) is 21.6. The highest BCUT2D eigenvalue weighted by atomic mass is 127. The van der Waals surface area contributed by atoms with Crippen LogP contribution in [0.4, 0.5) is 0 Å². The molecule has 0 aromatic carbocycles. The molecule has 0 spiro atoms. The Bertz CT molecular complexity index is 501. The van der Waals surface area contributed by atoms with E-state index in [1.54, 1.807) is 11.3 Å². The summed E-state index contributed by atoms with van der Waals surface area (Å²) in [4.78, 5) is 9.96. The summed E-state index contributed by atoms with van der Waals surface area (Å²) in [6.45, 7) is 7.51. The summed E-state index contributed by atoms with van der Waals surface area (Å²) in [7, 11) is 1.82. The average Bonchev–Trinajstić information content (AvgIpc) is 3.18. The number of nitrogens with zero attached hydrogens (tertiary/aromatic N) is 2. The van der Waals surface area contributed by atoms with Crippen molar-refractivity contribution in [1.29, 1.82) is 0 Å². The summed E-state index contributed by atoms with van der Waals surface area (Å²) in [5.74, 6) is 0.862. The zero-order chi connectivity index (χ0) is 16.5. The first-order chi connectivity index (χ1) is 11.2. The smallest absolute Gasteiger partial charge is 0.191 e. The van der Waals surface area contributed by atoms with E-state index >= 15 is 0 Å². The number of hydrogen-bond donors (Lipinski definition) is 2. The van der Waals surface area contributed by atoms with Crippen LogP contribution in [0.2, 0.25) is 0 Å². The number of hydrogen-bond acceptors (Lipinski definition) is 4. The van der Waals surface area contributed by atoms with Crippen molar-refractivity contribution in [2.45, 2.75) is 52.5 Å². The first-order valence-electron chi connectivity index (χ1n) is 8.61. The van der Waals surface area contributed by atoms with E-state index in [-0.39, 0.29) is 24.0 Å². The van der Waals surface area contributed by atoms with Gasteiger partial charge in [-0.15, -0.1) is 35.3 Å². The second-order valence-electron chi connectivity index (χ2n) is 6.30. The van der Waals surface area contributed by atoms with Crippen molar-refractivity contribution in [1.82, 2.24) is 15.6 Å². The molecule has 1 aliphatic rings. The van der Waals surface area contributed by atoms with Crippen LogP contribution in [0.1, 0.15) is 48.9 Å². The molecule has 138 valence electrons. The molecule has 1 aromatic heterocycles. The molecule has 24 heavy (non-hydrogen) atoms. The van der Waals surface area contributed by atoms with E-state index in [1.807, 2.05) is 13.2 Å². The SMILES string of the molecule is CCOCCC1(CNC(=NC)NCc2ncc(C)s2)CCCC1.I. The van der Waals surface area contributed by atoms with E-state index in [2.05, 4.69) is 34.5 Å². The highest BCUT2D eigenvalue weighted by molar-refractivity contribution is 14.0. The van der Waals surface area contributed by atoms with Gasteiger partial charge in [-0.25, -0.2) is 4.98 Å². The lowest BCUT2D eigenvalue weighted by molar-refractivity contribution is 0.105. The van der Waals surface area contributed by atoms with Gasteiger partial charge in [0.2, 0.25) is 0 Å². The monoisotopic (exact) mass is 466 g/mol. The molecule has 1 aliphatic carbocycles. The van der Waals surface area contributed by atoms with Crippen LogP contribution in [0, 0.1) is 12.3 Å². The maximum atomic E-state index is 5.58. The summed E-state index contributed by atoms with van der Waals surface area (Å²) in [5.41, 5.74) is 0.366. The molecule has 7 heteroatoms. The molecule has 2 N–H and O–H groups in total. The molecule has 1 aromatic rings. The third kappa shape index (κ3) is 6.84. The molecule has 2 rings (SSSR count). The number of rotatable bonds is 8. The molecular formula is C17H31IN4OS. The van der Waals surface area contributed by atoms with Crippen molar-refractivity contribution < 1.29 is 4.74 Å². The van der Waals surface area contributed by atoms with Crippen molar-refractivity contribution >= 4 is 41.3 Å². The van der Waals surface area contributed by atoms with Gasteiger partial charge in [0.25, 0.3) is 0 Å². The Kier molecular flexibility index (Phi) is 10.1. The van der Waals surface area contributed by atoms with Gasteiger partial charge in [-0.2, -0.15) is 0 Å². The van der Waals surface area contributed by atoms with Gasteiger partial charge in [-0.1, -0.05) is 12.8 Å². The predicted molar refractivity (Wildman–Crippen MR) is 112 cm³/mol. The van der Waals surface area contributed by atoms with Crippen LogP contribution < -0.4 is 10.6 Å². The van der Waals surface area contributed by atoms with Crippen molar-refractivity contribution in [3.05, 3.63) is 16.1 Å². The van der Waals surface area contributed by atoms with Crippen molar-refractivity contribution in [2.24, 2.45) is 10.4 Å². The van der Waals surface area contributed by atoms with Crippen molar-refractivity contribution in [3.8, 4) is 0 Å². The second-order valence-corrected chi connectivity index (χ2v) is 7.62. The molecule has 0 unspecified atom stereocenters. The summed E-state index contributed by atoms with van der Waals surface area (Å²) in [6.07, 6.45) is 8.29. The number of aryl methyl sites for hydroxylation is 1. The molecule has 0 aliphatic heterocycles. The van der Waals surface area contributed by atoms with Gasteiger partial charge in [0.1, 0.15) is 5.01 Å². The van der Waals surface area contributed by atoms with Gasteiger partial charge in [0.05, 0.1) is 6.54 Å². The Morgan fingerprint density at radius 3 is 2.71 bits per heavy atom. The van der Waals surface area contributed by atoms with E-state index in [1.165, 1.54) is 30.6 Å². The first-order valence-corrected chi connectivity index (χ1v) is 9.43. The minimum absolute atomic E-state index is 0. The lowest BCUT2D eigenvalue weighted by atomic mass is 9.83. The van der Waals surface area contributed by atoms with E-state index in [4.69, 9.17) is 4.74 Å². The predicted octanol–water partition coefficient (Wildman–Crippen LogP) is 3.72.